The lowest BCUT2D eigenvalue weighted by Crippen LogP contribution is -2.29. The number of esters is 2. The summed E-state index contributed by atoms with van der Waals surface area (Å²) in [4.78, 5) is 34.8. The molecule has 0 bridgehead atoms. The second-order valence-electron chi connectivity index (χ2n) is 15.1. The van der Waals surface area contributed by atoms with Crippen molar-refractivity contribution in [1.82, 2.24) is 0 Å². The van der Waals surface area contributed by atoms with Crippen molar-refractivity contribution >= 4 is 19.8 Å². The highest BCUT2D eigenvalue weighted by atomic mass is 31.2. The largest absolute Gasteiger partial charge is 0.472 e. The van der Waals surface area contributed by atoms with E-state index in [-0.39, 0.29) is 32.0 Å². The fourth-order valence-corrected chi connectivity index (χ4v) is 6.97. The van der Waals surface area contributed by atoms with Crippen LogP contribution in [-0.4, -0.2) is 42.8 Å². The molecule has 0 saturated heterocycles. The van der Waals surface area contributed by atoms with Gasteiger partial charge in [-0.05, 0) is 84.0 Å². The molecule has 1 N–H and O–H groups in total. The van der Waals surface area contributed by atoms with Gasteiger partial charge in [-0.3, -0.25) is 18.6 Å². The Kier molecular flexibility index (Phi) is 41.1. The molecule has 8 nitrogen and oxygen atoms in total. The van der Waals surface area contributed by atoms with Crippen LogP contribution >= 0.6 is 7.82 Å². The third-order valence-electron chi connectivity index (χ3n) is 9.61. The summed E-state index contributed by atoms with van der Waals surface area (Å²) in [6, 6.07) is 0. The highest BCUT2D eigenvalue weighted by Gasteiger charge is 2.25. The Bertz CT molecular complexity index is 1050. The lowest BCUT2D eigenvalue weighted by Gasteiger charge is -2.19. The predicted octanol–water partition coefficient (Wildman–Crippen LogP) is 14.6. The highest BCUT2D eigenvalue weighted by Crippen LogP contribution is 2.43. The Labute approximate surface area is 344 Å². The number of carbonyl (C=O) groups excluding carboxylic acids is 2. The minimum Gasteiger partial charge on any atom is -0.462 e. The maximum Gasteiger partial charge on any atom is 0.472 e. The first-order valence-electron chi connectivity index (χ1n) is 22.9. The van der Waals surface area contributed by atoms with Gasteiger partial charge in [-0.2, -0.15) is 0 Å². The molecule has 0 rings (SSSR count). The van der Waals surface area contributed by atoms with E-state index in [0.29, 0.717) is 6.42 Å². The Balaban J connectivity index is 4.08. The van der Waals surface area contributed by atoms with E-state index in [1.165, 1.54) is 103 Å². The normalized spacial score (nSPS) is 13.7. The number of rotatable bonds is 42. The van der Waals surface area contributed by atoms with Crippen LogP contribution in [0.1, 0.15) is 213 Å². The van der Waals surface area contributed by atoms with Crippen LogP contribution in [0.2, 0.25) is 0 Å². The first kappa shape index (κ1) is 54.0. The maximum absolute atomic E-state index is 12.6. The smallest absolute Gasteiger partial charge is 0.462 e. The van der Waals surface area contributed by atoms with Gasteiger partial charge in [0.25, 0.3) is 0 Å². The van der Waals surface area contributed by atoms with Gasteiger partial charge in [0.05, 0.1) is 13.2 Å². The Morgan fingerprint density at radius 2 is 0.857 bits per heavy atom. The number of carbonyl (C=O) groups is 2. The summed E-state index contributed by atoms with van der Waals surface area (Å²) in [6.45, 7) is 5.44. The van der Waals surface area contributed by atoms with Gasteiger partial charge < -0.3 is 14.4 Å². The number of phosphoric acid groups is 1. The lowest BCUT2D eigenvalue weighted by molar-refractivity contribution is -0.161. The molecule has 0 aliphatic heterocycles. The van der Waals surface area contributed by atoms with Crippen molar-refractivity contribution in [2.75, 3.05) is 19.8 Å². The van der Waals surface area contributed by atoms with Crippen molar-refractivity contribution in [3.8, 4) is 0 Å². The van der Waals surface area contributed by atoms with Gasteiger partial charge in [0.15, 0.2) is 6.10 Å². The van der Waals surface area contributed by atoms with Crippen molar-refractivity contribution in [3.63, 3.8) is 0 Å². The first-order chi connectivity index (χ1) is 27.3. The van der Waals surface area contributed by atoms with Crippen LogP contribution in [0.25, 0.3) is 0 Å². The molecule has 0 heterocycles. The SMILES string of the molecule is CCCCCC/C=C\C/C=C\CCCCCCCCCC(=O)OCC(COP(=O)(O)OCC)OC(=O)CCCCCCCCC/C=C\C/C=C\CCCCCC. The number of phosphoric ester groups is 1. The van der Waals surface area contributed by atoms with E-state index in [1.807, 2.05) is 0 Å². The monoisotopic (exact) mass is 809 g/mol. The van der Waals surface area contributed by atoms with E-state index in [2.05, 4.69) is 62.5 Å². The Morgan fingerprint density at radius 3 is 1.27 bits per heavy atom. The van der Waals surface area contributed by atoms with E-state index in [4.69, 9.17) is 18.5 Å². The third kappa shape index (κ3) is 41.6. The number of hydrogen-bond donors (Lipinski definition) is 1. The molecule has 56 heavy (non-hydrogen) atoms. The van der Waals surface area contributed by atoms with Gasteiger partial charge in [-0.15, -0.1) is 0 Å². The molecule has 0 amide bonds. The zero-order chi connectivity index (χ0) is 41.1. The van der Waals surface area contributed by atoms with E-state index in [0.717, 1.165) is 70.6 Å². The molecule has 326 valence electrons. The summed E-state index contributed by atoms with van der Waals surface area (Å²) in [5.74, 6) is -0.813. The number of allylic oxidation sites excluding steroid dienone is 8. The van der Waals surface area contributed by atoms with Crippen LogP contribution in [0.4, 0.5) is 0 Å². The van der Waals surface area contributed by atoms with Gasteiger partial charge in [-0.1, -0.05) is 165 Å². The lowest BCUT2D eigenvalue weighted by atomic mass is 10.1. The zero-order valence-corrected chi connectivity index (χ0v) is 37.2. The molecule has 0 aromatic carbocycles. The number of ether oxygens (including phenoxy) is 2. The van der Waals surface area contributed by atoms with Crippen molar-refractivity contribution in [2.24, 2.45) is 0 Å². The number of hydrogen-bond acceptors (Lipinski definition) is 7. The molecule has 9 heteroatoms. The summed E-state index contributed by atoms with van der Waals surface area (Å²) < 4.78 is 32.7. The van der Waals surface area contributed by atoms with Crippen LogP contribution in [0.15, 0.2) is 48.6 Å². The molecule has 0 radical (unpaired) electrons. The number of unbranched alkanes of at least 4 members (excludes halogenated alkanes) is 22. The fourth-order valence-electron chi connectivity index (χ4n) is 6.22. The van der Waals surface area contributed by atoms with Crippen molar-refractivity contribution in [2.45, 2.75) is 219 Å². The molecule has 0 spiro atoms. The highest BCUT2D eigenvalue weighted by molar-refractivity contribution is 7.47. The minimum absolute atomic E-state index is 0.00378. The van der Waals surface area contributed by atoms with Gasteiger partial charge in [-0.25, -0.2) is 4.57 Å². The molecular weight excluding hydrogens is 723 g/mol. The topological polar surface area (TPSA) is 108 Å². The molecular formula is C47H85O8P. The Morgan fingerprint density at radius 1 is 0.482 bits per heavy atom. The van der Waals surface area contributed by atoms with Crippen molar-refractivity contribution in [3.05, 3.63) is 48.6 Å². The molecule has 0 fully saturated rings. The molecule has 0 aromatic rings. The van der Waals surface area contributed by atoms with E-state index >= 15 is 0 Å². The molecule has 2 unspecified atom stereocenters. The summed E-state index contributed by atoms with van der Waals surface area (Å²) in [5.41, 5.74) is 0. The van der Waals surface area contributed by atoms with Gasteiger partial charge >= 0.3 is 19.8 Å². The molecule has 0 saturated carbocycles. The van der Waals surface area contributed by atoms with Crippen LogP contribution in [0.3, 0.4) is 0 Å². The van der Waals surface area contributed by atoms with Crippen LogP contribution in [-0.2, 0) is 32.7 Å². The third-order valence-corrected chi connectivity index (χ3v) is 10.7. The van der Waals surface area contributed by atoms with Gasteiger partial charge in [0.1, 0.15) is 6.61 Å². The first-order valence-corrected chi connectivity index (χ1v) is 24.4. The van der Waals surface area contributed by atoms with Crippen molar-refractivity contribution in [1.29, 1.82) is 0 Å². The summed E-state index contributed by atoms with van der Waals surface area (Å²) in [7, 11) is -4.29. The summed E-state index contributed by atoms with van der Waals surface area (Å²) >= 11 is 0. The van der Waals surface area contributed by atoms with Gasteiger partial charge in [0, 0.05) is 12.8 Å². The van der Waals surface area contributed by atoms with E-state index in [1.54, 1.807) is 6.92 Å². The summed E-state index contributed by atoms with van der Waals surface area (Å²) in [6.07, 6.45) is 50.1. The second-order valence-corrected chi connectivity index (χ2v) is 16.5. The fraction of sp³-hybridized carbons (Fsp3) is 0.787. The Hall–Kier alpha value is -1.99. The molecule has 0 aliphatic carbocycles. The van der Waals surface area contributed by atoms with Crippen LogP contribution in [0, 0.1) is 0 Å². The second kappa shape index (κ2) is 42.6. The molecule has 0 aliphatic rings. The average Bonchev–Trinajstić information content (AvgIpc) is 3.18. The maximum atomic E-state index is 12.6. The van der Waals surface area contributed by atoms with Gasteiger partial charge in [0.2, 0.25) is 0 Å². The standard InChI is InChI=1S/C47H85O8P/c1-4-7-9-11-13-15-17-19-21-23-25-27-29-31-33-35-37-39-41-46(48)52-43-45(44-54-56(50,51)53-6-3)55-47(49)42-40-38-36-34-32-30-28-26-24-22-20-18-16-14-12-10-8-5-2/h15-18,21-24,45H,4-14,19-20,25-44H2,1-3H3,(H,50,51)/b17-15-,18-16-,23-21-,24-22-. The van der Waals surface area contributed by atoms with E-state index in [9.17, 15) is 19.0 Å². The minimum atomic E-state index is -4.29. The van der Waals surface area contributed by atoms with Crippen molar-refractivity contribution < 1.29 is 37.6 Å². The molecule has 0 aromatic heterocycles. The average molecular weight is 809 g/mol. The summed E-state index contributed by atoms with van der Waals surface area (Å²) in [5, 5.41) is 0. The zero-order valence-electron chi connectivity index (χ0n) is 36.3. The van der Waals surface area contributed by atoms with Crippen LogP contribution < -0.4 is 0 Å². The van der Waals surface area contributed by atoms with Crippen LogP contribution in [0.5, 0.6) is 0 Å². The quantitative estimate of drug-likeness (QED) is 0.0281. The van der Waals surface area contributed by atoms with E-state index < -0.39 is 26.5 Å². The predicted molar refractivity (Wildman–Crippen MR) is 235 cm³/mol. The molecule has 2 atom stereocenters.